The number of nitrogen functional groups attached to an aromatic ring is 1. The highest BCUT2D eigenvalue weighted by atomic mass is 19.1. The number of hydrogen-bond acceptors (Lipinski definition) is 6. The van der Waals surface area contributed by atoms with Crippen LogP contribution in [-0.2, 0) is 4.74 Å². The van der Waals surface area contributed by atoms with Gasteiger partial charge in [-0.25, -0.2) is 4.39 Å². The molecule has 3 N–H and O–H groups in total. The third-order valence-corrected chi connectivity index (χ3v) is 2.97. The molecule has 2 rings (SSSR count). The summed E-state index contributed by atoms with van der Waals surface area (Å²) in [6, 6.07) is 1.73. The summed E-state index contributed by atoms with van der Waals surface area (Å²) in [7, 11) is 0. The van der Waals surface area contributed by atoms with E-state index in [4.69, 9.17) is 10.6 Å². The number of nitro benzene ring substituents is 1. The number of hydrazine groups is 1. The number of benzene rings is 1. The second kappa shape index (κ2) is 5.80. The molecule has 0 aliphatic carbocycles. The average Bonchev–Trinajstić information content (AvgIpc) is 2.47. The van der Waals surface area contributed by atoms with Gasteiger partial charge in [0.15, 0.2) is 5.82 Å². The average molecular weight is 284 g/mol. The minimum Gasteiger partial charge on any atom is -0.378 e. The van der Waals surface area contributed by atoms with E-state index >= 15 is 0 Å². The Morgan fingerprint density at radius 2 is 2.10 bits per heavy atom. The van der Waals surface area contributed by atoms with Gasteiger partial charge in [-0.05, 0) is 6.07 Å². The van der Waals surface area contributed by atoms with Crippen molar-refractivity contribution in [2.24, 2.45) is 5.84 Å². The van der Waals surface area contributed by atoms with E-state index in [1.807, 2.05) is 0 Å². The van der Waals surface area contributed by atoms with Crippen LogP contribution in [0, 0.1) is 15.9 Å². The lowest BCUT2D eigenvalue weighted by atomic mass is 10.1. The van der Waals surface area contributed by atoms with E-state index in [1.54, 1.807) is 0 Å². The van der Waals surface area contributed by atoms with Crippen LogP contribution in [-0.4, -0.2) is 42.0 Å². The minimum absolute atomic E-state index is 0.174. The summed E-state index contributed by atoms with van der Waals surface area (Å²) < 4.78 is 18.6. The van der Waals surface area contributed by atoms with Gasteiger partial charge in [-0.2, -0.15) is 0 Å². The fraction of sp³-hybridized carbons (Fsp3) is 0.364. The van der Waals surface area contributed by atoms with E-state index in [0.717, 1.165) is 6.07 Å². The fourth-order valence-electron chi connectivity index (χ4n) is 1.93. The van der Waals surface area contributed by atoms with Gasteiger partial charge in [0, 0.05) is 13.1 Å². The van der Waals surface area contributed by atoms with E-state index in [0.29, 0.717) is 32.4 Å². The van der Waals surface area contributed by atoms with Crippen molar-refractivity contribution in [3.05, 3.63) is 33.6 Å². The van der Waals surface area contributed by atoms with Crippen molar-refractivity contribution >= 4 is 17.3 Å². The Hall–Kier alpha value is -2.26. The van der Waals surface area contributed by atoms with Crippen LogP contribution in [0.4, 0.5) is 15.8 Å². The summed E-state index contributed by atoms with van der Waals surface area (Å²) in [4.78, 5) is 23.9. The van der Waals surface area contributed by atoms with Crippen molar-refractivity contribution in [2.75, 3.05) is 31.7 Å². The highest BCUT2D eigenvalue weighted by molar-refractivity contribution is 5.99. The molecule has 0 bridgehead atoms. The molecule has 8 nitrogen and oxygen atoms in total. The number of carbonyl (C=O) groups is 1. The van der Waals surface area contributed by atoms with Crippen molar-refractivity contribution < 1.29 is 18.8 Å². The maximum Gasteiger partial charge on any atom is 0.285 e. The molecule has 0 spiro atoms. The first-order valence-corrected chi connectivity index (χ1v) is 5.86. The van der Waals surface area contributed by atoms with Crippen molar-refractivity contribution in [1.29, 1.82) is 0 Å². The smallest absolute Gasteiger partial charge is 0.285 e. The molecule has 9 heteroatoms. The van der Waals surface area contributed by atoms with E-state index < -0.39 is 22.3 Å². The van der Waals surface area contributed by atoms with Crippen LogP contribution in [0.15, 0.2) is 12.1 Å². The summed E-state index contributed by atoms with van der Waals surface area (Å²) >= 11 is 0. The Kier molecular flexibility index (Phi) is 4.11. The summed E-state index contributed by atoms with van der Waals surface area (Å²) in [5.74, 6) is 3.68. The molecule has 0 saturated carbocycles. The molecule has 0 unspecified atom stereocenters. The molecule has 1 aliphatic heterocycles. The number of amides is 1. The number of morpholine rings is 1. The predicted octanol–water partition coefficient (Wildman–Crippen LogP) is 0.492. The standard InChI is InChI=1S/C11H13FN4O4/c12-8-6-10(16(18)19)7(5-9(8)14-13)11(17)15-1-3-20-4-2-15/h5-6,14H,1-4,13H2. The van der Waals surface area contributed by atoms with Gasteiger partial charge in [-0.15, -0.1) is 0 Å². The molecule has 1 aromatic carbocycles. The molecular formula is C11H13FN4O4. The van der Waals surface area contributed by atoms with E-state index in [1.165, 1.54) is 4.90 Å². The zero-order valence-electron chi connectivity index (χ0n) is 10.5. The summed E-state index contributed by atoms with van der Waals surface area (Å²) in [6.45, 7) is 1.39. The topological polar surface area (TPSA) is 111 Å². The van der Waals surface area contributed by atoms with Gasteiger partial charge in [0.05, 0.1) is 29.9 Å². The summed E-state index contributed by atoms with van der Waals surface area (Å²) in [5, 5.41) is 11.0. The monoisotopic (exact) mass is 284 g/mol. The van der Waals surface area contributed by atoms with Gasteiger partial charge in [0.25, 0.3) is 11.6 Å². The van der Waals surface area contributed by atoms with Crippen molar-refractivity contribution in [3.8, 4) is 0 Å². The van der Waals surface area contributed by atoms with Gasteiger partial charge >= 0.3 is 0 Å². The van der Waals surface area contributed by atoms with E-state index in [9.17, 15) is 19.3 Å². The number of anilines is 1. The number of carbonyl (C=O) groups excluding carboxylic acids is 1. The van der Waals surface area contributed by atoms with Crippen LogP contribution >= 0.6 is 0 Å². The molecule has 1 saturated heterocycles. The zero-order chi connectivity index (χ0) is 14.7. The van der Waals surface area contributed by atoms with Crippen LogP contribution in [0.1, 0.15) is 10.4 Å². The first kappa shape index (κ1) is 14.2. The molecule has 1 heterocycles. The Labute approximate surface area is 113 Å². The lowest BCUT2D eigenvalue weighted by Gasteiger charge is -2.26. The normalized spacial score (nSPS) is 15.0. The quantitative estimate of drug-likeness (QED) is 0.475. The van der Waals surface area contributed by atoms with Gasteiger partial charge in [0.1, 0.15) is 5.56 Å². The summed E-state index contributed by atoms with van der Waals surface area (Å²) in [6.07, 6.45) is 0. The Bertz CT molecular complexity index is 545. The number of nitrogens with two attached hydrogens (primary N) is 1. The third kappa shape index (κ3) is 2.68. The summed E-state index contributed by atoms with van der Waals surface area (Å²) in [5.41, 5.74) is 1.10. The number of hydrogen-bond donors (Lipinski definition) is 2. The Morgan fingerprint density at radius 1 is 1.45 bits per heavy atom. The fourth-order valence-corrected chi connectivity index (χ4v) is 1.93. The number of nitrogens with zero attached hydrogens (tertiary/aromatic N) is 2. The third-order valence-electron chi connectivity index (χ3n) is 2.97. The van der Waals surface area contributed by atoms with Crippen LogP contribution < -0.4 is 11.3 Å². The van der Waals surface area contributed by atoms with Crippen molar-refractivity contribution in [3.63, 3.8) is 0 Å². The lowest BCUT2D eigenvalue weighted by Crippen LogP contribution is -2.41. The number of rotatable bonds is 3. The number of halogens is 1. The predicted molar refractivity (Wildman–Crippen MR) is 67.6 cm³/mol. The molecular weight excluding hydrogens is 271 g/mol. The van der Waals surface area contributed by atoms with Gasteiger partial charge in [-0.1, -0.05) is 0 Å². The molecule has 0 atom stereocenters. The molecule has 1 fully saturated rings. The van der Waals surface area contributed by atoms with Crippen LogP contribution in [0.25, 0.3) is 0 Å². The number of ether oxygens (including phenoxy) is 1. The molecule has 1 aromatic rings. The van der Waals surface area contributed by atoms with E-state index in [-0.39, 0.29) is 11.3 Å². The van der Waals surface area contributed by atoms with Crippen LogP contribution in [0.5, 0.6) is 0 Å². The first-order chi connectivity index (χ1) is 9.54. The maximum absolute atomic E-state index is 13.5. The highest BCUT2D eigenvalue weighted by Gasteiger charge is 2.28. The molecule has 1 amide bonds. The Morgan fingerprint density at radius 3 is 2.65 bits per heavy atom. The molecule has 20 heavy (non-hydrogen) atoms. The number of nitrogens with one attached hydrogen (secondary N) is 1. The van der Waals surface area contributed by atoms with Gasteiger partial charge < -0.3 is 15.1 Å². The van der Waals surface area contributed by atoms with Crippen molar-refractivity contribution in [2.45, 2.75) is 0 Å². The Balaban J connectivity index is 2.42. The molecule has 0 radical (unpaired) electrons. The molecule has 0 aromatic heterocycles. The zero-order valence-corrected chi connectivity index (χ0v) is 10.5. The van der Waals surface area contributed by atoms with Crippen molar-refractivity contribution in [1.82, 2.24) is 4.90 Å². The second-order valence-electron chi connectivity index (χ2n) is 4.16. The van der Waals surface area contributed by atoms with Gasteiger partial charge in [-0.3, -0.25) is 20.8 Å². The van der Waals surface area contributed by atoms with Gasteiger partial charge in [0.2, 0.25) is 0 Å². The van der Waals surface area contributed by atoms with Crippen LogP contribution in [0.2, 0.25) is 0 Å². The molecule has 1 aliphatic rings. The maximum atomic E-state index is 13.5. The first-order valence-electron chi connectivity index (χ1n) is 5.86. The molecule has 108 valence electrons. The SMILES string of the molecule is NNc1cc(C(=O)N2CCOCC2)c([N+](=O)[O-])cc1F. The largest absolute Gasteiger partial charge is 0.378 e. The van der Waals surface area contributed by atoms with Crippen LogP contribution in [0.3, 0.4) is 0 Å². The lowest BCUT2D eigenvalue weighted by molar-refractivity contribution is -0.385. The minimum atomic E-state index is -0.891. The second-order valence-corrected chi connectivity index (χ2v) is 4.16. The highest BCUT2D eigenvalue weighted by Crippen LogP contribution is 2.27. The number of nitro groups is 1. The van der Waals surface area contributed by atoms with E-state index in [2.05, 4.69) is 5.43 Å².